The van der Waals surface area contributed by atoms with Crippen LogP contribution in [0.5, 0.6) is 11.5 Å². The molecule has 4 N–H and O–H groups in total. The summed E-state index contributed by atoms with van der Waals surface area (Å²) in [7, 11) is 1.53. The Labute approximate surface area is 177 Å². The Kier molecular flexibility index (Phi) is 6.51. The second-order valence-electron chi connectivity index (χ2n) is 6.48. The van der Waals surface area contributed by atoms with Gasteiger partial charge in [-0.2, -0.15) is 0 Å². The minimum Gasteiger partial charge on any atom is -0.497 e. The second kappa shape index (κ2) is 9.44. The Morgan fingerprint density at radius 3 is 2.32 bits per heavy atom. The molecule has 0 radical (unpaired) electrons. The lowest BCUT2D eigenvalue weighted by Crippen LogP contribution is -2.38. The third-order valence-electron chi connectivity index (χ3n) is 4.21. The van der Waals surface area contributed by atoms with Gasteiger partial charge in [-0.3, -0.25) is 14.4 Å². The molecule has 0 saturated carbocycles. The summed E-state index contributed by atoms with van der Waals surface area (Å²) in [6.07, 6.45) is 1.47. The van der Waals surface area contributed by atoms with Gasteiger partial charge in [-0.25, -0.2) is 9.69 Å². The summed E-state index contributed by atoms with van der Waals surface area (Å²) in [5.41, 5.74) is 6.17. The Balaban J connectivity index is 1.61. The van der Waals surface area contributed by atoms with E-state index >= 15 is 0 Å². The number of ether oxygens (including phenoxy) is 2. The molecule has 10 nitrogen and oxygen atoms in total. The van der Waals surface area contributed by atoms with Crippen molar-refractivity contribution in [3.63, 3.8) is 0 Å². The highest BCUT2D eigenvalue weighted by atomic mass is 16.5. The molecule has 1 aliphatic rings. The number of imide groups is 1. The van der Waals surface area contributed by atoms with Crippen molar-refractivity contribution in [2.24, 2.45) is 5.73 Å². The molecule has 2 aromatic carbocycles. The monoisotopic (exact) mass is 424 g/mol. The number of anilines is 1. The van der Waals surface area contributed by atoms with E-state index in [0.717, 1.165) is 4.90 Å². The first-order valence-corrected chi connectivity index (χ1v) is 9.15. The molecule has 0 spiro atoms. The van der Waals surface area contributed by atoms with Crippen LogP contribution in [-0.4, -0.2) is 48.9 Å². The zero-order valence-electron chi connectivity index (χ0n) is 16.6. The van der Waals surface area contributed by atoms with Gasteiger partial charge in [-0.05, 0) is 48.0 Å². The standard InChI is InChI=1S/C21H20N4O6/c1-30-15-8-4-14(5-9-15)23-19(27)11-25-20(28)17(24-21(25)29)10-13-2-6-16(7-3-13)31-12-18(22)26/h2-10H,11-12H2,1H3,(H2,22,26)(H,23,27)(H,24,29)/b17-10-. The first-order valence-electron chi connectivity index (χ1n) is 9.15. The maximum absolute atomic E-state index is 12.5. The Morgan fingerprint density at radius 2 is 1.71 bits per heavy atom. The Morgan fingerprint density at radius 1 is 1.06 bits per heavy atom. The van der Waals surface area contributed by atoms with Gasteiger partial charge in [-0.1, -0.05) is 12.1 Å². The Hall–Kier alpha value is -4.34. The summed E-state index contributed by atoms with van der Waals surface area (Å²) in [6, 6.07) is 12.4. The SMILES string of the molecule is COc1ccc(NC(=O)CN2C(=O)N/C(=C\c3ccc(OCC(N)=O)cc3)C2=O)cc1. The molecule has 0 atom stereocenters. The number of hydrogen-bond donors (Lipinski definition) is 3. The highest BCUT2D eigenvalue weighted by Crippen LogP contribution is 2.18. The van der Waals surface area contributed by atoms with Crippen molar-refractivity contribution in [1.29, 1.82) is 0 Å². The van der Waals surface area contributed by atoms with Crippen LogP contribution >= 0.6 is 0 Å². The molecule has 1 aliphatic heterocycles. The molecule has 2 aromatic rings. The third kappa shape index (κ3) is 5.60. The summed E-state index contributed by atoms with van der Waals surface area (Å²) in [6.45, 7) is -0.684. The van der Waals surface area contributed by atoms with E-state index in [-0.39, 0.29) is 12.3 Å². The zero-order valence-corrected chi connectivity index (χ0v) is 16.6. The summed E-state index contributed by atoms with van der Waals surface area (Å²) in [5.74, 6) is -0.676. The number of nitrogens with zero attached hydrogens (tertiary/aromatic N) is 1. The number of methoxy groups -OCH3 is 1. The zero-order chi connectivity index (χ0) is 22.4. The summed E-state index contributed by atoms with van der Waals surface area (Å²) in [4.78, 5) is 48.5. The highest BCUT2D eigenvalue weighted by Gasteiger charge is 2.34. The smallest absolute Gasteiger partial charge is 0.329 e. The fourth-order valence-corrected chi connectivity index (χ4v) is 2.72. The van der Waals surface area contributed by atoms with Crippen molar-refractivity contribution in [2.75, 3.05) is 25.6 Å². The summed E-state index contributed by atoms with van der Waals surface area (Å²) >= 11 is 0. The van der Waals surface area contributed by atoms with Crippen molar-refractivity contribution in [3.05, 3.63) is 59.8 Å². The van der Waals surface area contributed by atoms with Crippen LogP contribution in [0.15, 0.2) is 54.2 Å². The van der Waals surface area contributed by atoms with Crippen LogP contribution in [0.4, 0.5) is 10.5 Å². The number of amides is 5. The molecule has 0 unspecified atom stereocenters. The van der Waals surface area contributed by atoms with Gasteiger partial charge >= 0.3 is 6.03 Å². The minimum atomic E-state index is -0.692. The fraction of sp³-hybridized carbons (Fsp3) is 0.143. The van der Waals surface area contributed by atoms with Crippen LogP contribution in [0.25, 0.3) is 6.08 Å². The van der Waals surface area contributed by atoms with Crippen LogP contribution in [0.3, 0.4) is 0 Å². The molecule has 31 heavy (non-hydrogen) atoms. The normalized spacial score (nSPS) is 14.4. The fourth-order valence-electron chi connectivity index (χ4n) is 2.72. The summed E-state index contributed by atoms with van der Waals surface area (Å²) in [5, 5.41) is 5.07. The average Bonchev–Trinajstić information content (AvgIpc) is 3.01. The number of hydrogen-bond acceptors (Lipinski definition) is 6. The predicted molar refractivity (Wildman–Crippen MR) is 111 cm³/mol. The largest absolute Gasteiger partial charge is 0.497 e. The van der Waals surface area contributed by atoms with Crippen molar-refractivity contribution in [1.82, 2.24) is 10.2 Å². The van der Waals surface area contributed by atoms with Gasteiger partial charge in [-0.15, -0.1) is 0 Å². The van der Waals surface area contributed by atoms with Crippen molar-refractivity contribution in [2.45, 2.75) is 0 Å². The van der Waals surface area contributed by atoms with Crippen LogP contribution in [0.2, 0.25) is 0 Å². The van der Waals surface area contributed by atoms with E-state index in [2.05, 4.69) is 10.6 Å². The quantitative estimate of drug-likeness (QED) is 0.428. The third-order valence-corrected chi connectivity index (χ3v) is 4.21. The van der Waals surface area contributed by atoms with Gasteiger partial charge in [0.05, 0.1) is 7.11 Å². The van der Waals surface area contributed by atoms with Gasteiger partial charge in [0.2, 0.25) is 5.91 Å². The van der Waals surface area contributed by atoms with E-state index in [1.165, 1.54) is 13.2 Å². The molecule has 0 aliphatic carbocycles. The van der Waals surface area contributed by atoms with Crippen LogP contribution in [0, 0.1) is 0 Å². The molecule has 10 heteroatoms. The van der Waals surface area contributed by atoms with Gasteiger partial charge < -0.3 is 25.8 Å². The van der Waals surface area contributed by atoms with E-state index in [1.54, 1.807) is 48.5 Å². The molecule has 1 saturated heterocycles. The van der Waals surface area contributed by atoms with E-state index in [0.29, 0.717) is 22.7 Å². The van der Waals surface area contributed by atoms with Crippen LogP contribution < -0.4 is 25.8 Å². The molecule has 0 bridgehead atoms. The minimum absolute atomic E-state index is 0.0352. The number of nitrogens with one attached hydrogen (secondary N) is 2. The van der Waals surface area contributed by atoms with Gasteiger partial charge in [0.15, 0.2) is 6.61 Å². The molecule has 0 aromatic heterocycles. The molecular weight excluding hydrogens is 404 g/mol. The topological polar surface area (TPSA) is 140 Å². The first kappa shape index (κ1) is 21.4. The van der Waals surface area contributed by atoms with E-state index in [1.807, 2.05) is 0 Å². The molecule has 160 valence electrons. The maximum Gasteiger partial charge on any atom is 0.329 e. The lowest BCUT2D eigenvalue weighted by Gasteiger charge is -2.12. The van der Waals surface area contributed by atoms with Crippen molar-refractivity contribution < 1.29 is 28.7 Å². The molecule has 1 heterocycles. The molecule has 5 amide bonds. The van der Waals surface area contributed by atoms with E-state index in [9.17, 15) is 19.2 Å². The highest BCUT2D eigenvalue weighted by molar-refractivity contribution is 6.15. The first-order chi connectivity index (χ1) is 14.9. The number of urea groups is 1. The Bertz CT molecular complexity index is 1030. The van der Waals surface area contributed by atoms with Crippen molar-refractivity contribution in [3.8, 4) is 11.5 Å². The maximum atomic E-state index is 12.5. The average molecular weight is 424 g/mol. The number of nitrogens with two attached hydrogens (primary N) is 1. The number of carbonyl (C=O) groups excluding carboxylic acids is 4. The van der Waals surface area contributed by atoms with Gasteiger partial charge in [0, 0.05) is 5.69 Å². The lowest BCUT2D eigenvalue weighted by atomic mass is 10.2. The van der Waals surface area contributed by atoms with Gasteiger partial charge in [0.25, 0.3) is 11.8 Å². The van der Waals surface area contributed by atoms with Gasteiger partial charge in [0.1, 0.15) is 23.7 Å². The van der Waals surface area contributed by atoms with Crippen molar-refractivity contribution >= 4 is 35.5 Å². The van der Waals surface area contributed by atoms with Crippen LogP contribution in [-0.2, 0) is 14.4 Å². The molecule has 3 rings (SSSR count). The number of rotatable bonds is 8. The van der Waals surface area contributed by atoms with E-state index < -0.39 is 30.3 Å². The predicted octanol–water partition coefficient (Wildman–Crippen LogP) is 1.09. The molecule has 1 fully saturated rings. The number of carbonyl (C=O) groups is 4. The number of primary amides is 1. The second-order valence-corrected chi connectivity index (χ2v) is 6.48. The summed E-state index contributed by atoms with van der Waals surface area (Å²) < 4.78 is 10.2. The number of benzene rings is 2. The van der Waals surface area contributed by atoms with Crippen LogP contribution in [0.1, 0.15) is 5.56 Å². The lowest BCUT2D eigenvalue weighted by molar-refractivity contribution is -0.127. The molecular formula is C21H20N4O6. The van der Waals surface area contributed by atoms with E-state index in [4.69, 9.17) is 15.2 Å².